The van der Waals surface area contributed by atoms with Gasteiger partial charge in [-0.2, -0.15) is 0 Å². The summed E-state index contributed by atoms with van der Waals surface area (Å²) >= 11 is 6.66. The van der Waals surface area contributed by atoms with E-state index in [2.05, 4.69) is 31.9 Å². The molecular formula is C7H14Br2O2. The van der Waals surface area contributed by atoms with Gasteiger partial charge in [-0.25, -0.2) is 0 Å². The molecule has 0 aromatic heterocycles. The van der Waals surface area contributed by atoms with E-state index in [1.807, 2.05) is 6.92 Å². The summed E-state index contributed by atoms with van der Waals surface area (Å²) in [6, 6.07) is 0. The highest BCUT2D eigenvalue weighted by molar-refractivity contribution is 9.10. The van der Waals surface area contributed by atoms with Gasteiger partial charge in [-0.1, -0.05) is 38.8 Å². The fraction of sp³-hybridized carbons (Fsp3) is 1.00. The lowest BCUT2D eigenvalue weighted by Gasteiger charge is -2.20. The second-order valence-corrected chi connectivity index (χ2v) is 4.80. The Morgan fingerprint density at radius 2 is 1.82 bits per heavy atom. The Labute approximate surface area is 84.3 Å². The van der Waals surface area contributed by atoms with Crippen LogP contribution in [-0.2, 0) is 0 Å². The van der Waals surface area contributed by atoms with Crippen LogP contribution in [0, 0.1) is 0 Å². The first-order chi connectivity index (χ1) is 5.13. The minimum Gasteiger partial charge on any atom is -0.396 e. The number of rotatable bonds is 5. The zero-order valence-corrected chi connectivity index (χ0v) is 9.68. The predicted octanol–water partition coefficient (Wildman–Crippen LogP) is 1.67. The zero-order chi connectivity index (χ0) is 8.85. The van der Waals surface area contributed by atoms with Gasteiger partial charge >= 0.3 is 0 Å². The molecule has 0 rings (SSSR count). The van der Waals surface area contributed by atoms with E-state index in [4.69, 9.17) is 5.11 Å². The van der Waals surface area contributed by atoms with Crippen LogP contribution in [0.3, 0.4) is 0 Å². The third-order valence-electron chi connectivity index (χ3n) is 1.54. The summed E-state index contributed by atoms with van der Waals surface area (Å²) in [5.41, 5.74) is 0. The molecule has 2 N–H and O–H groups in total. The van der Waals surface area contributed by atoms with Crippen molar-refractivity contribution < 1.29 is 10.2 Å². The fourth-order valence-electron chi connectivity index (χ4n) is 0.762. The van der Waals surface area contributed by atoms with E-state index in [-0.39, 0.29) is 16.3 Å². The van der Waals surface area contributed by atoms with Gasteiger partial charge in [0.05, 0.1) is 6.10 Å². The molecular weight excluding hydrogens is 276 g/mol. The first-order valence-electron chi connectivity index (χ1n) is 3.70. The molecule has 11 heavy (non-hydrogen) atoms. The molecule has 0 heterocycles. The molecule has 0 fully saturated rings. The summed E-state index contributed by atoms with van der Waals surface area (Å²) < 4.78 is 0. The standard InChI is InChI=1S/C7H14Br2O2/c1-2-5(8)7(11)6(9)3-4-10/h5-7,10-11H,2-4H2,1H3. The lowest BCUT2D eigenvalue weighted by molar-refractivity contribution is 0.156. The van der Waals surface area contributed by atoms with Gasteiger partial charge in [0.2, 0.25) is 0 Å². The van der Waals surface area contributed by atoms with Crippen molar-refractivity contribution in [2.45, 2.75) is 35.5 Å². The predicted molar refractivity (Wildman–Crippen MR) is 53.4 cm³/mol. The van der Waals surface area contributed by atoms with Crippen LogP contribution in [0.4, 0.5) is 0 Å². The Bertz CT molecular complexity index is 100. The van der Waals surface area contributed by atoms with E-state index in [0.29, 0.717) is 6.42 Å². The number of hydrogen-bond donors (Lipinski definition) is 2. The van der Waals surface area contributed by atoms with Crippen LogP contribution in [-0.4, -0.2) is 32.6 Å². The molecule has 68 valence electrons. The lowest BCUT2D eigenvalue weighted by atomic mass is 10.1. The Morgan fingerprint density at radius 3 is 2.18 bits per heavy atom. The molecule has 0 aromatic rings. The molecule has 3 unspecified atom stereocenters. The minimum absolute atomic E-state index is 0.0168. The van der Waals surface area contributed by atoms with E-state index in [1.165, 1.54) is 0 Å². The molecule has 0 bridgehead atoms. The maximum Gasteiger partial charge on any atom is 0.0790 e. The Morgan fingerprint density at radius 1 is 1.27 bits per heavy atom. The summed E-state index contributed by atoms with van der Waals surface area (Å²) in [6.07, 6.45) is 1.05. The molecule has 0 saturated heterocycles. The van der Waals surface area contributed by atoms with Crippen LogP contribution >= 0.6 is 31.9 Å². The Hall–Kier alpha value is 0.880. The number of aliphatic hydroxyl groups is 2. The Balaban J connectivity index is 3.70. The second-order valence-electron chi connectivity index (χ2n) is 2.44. The number of aliphatic hydroxyl groups excluding tert-OH is 2. The van der Waals surface area contributed by atoms with Crippen molar-refractivity contribution in [3.8, 4) is 0 Å². The molecule has 0 aliphatic carbocycles. The third kappa shape index (κ3) is 4.45. The van der Waals surface area contributed by atoms with Crippen LogP contribution in [0.5, 0.6) is 0 Å². The second kappa shape index (κ2) is 6.40. The number of halogens is 2. The molecule has 0 aromatic carbocycles. The molecule has 0 aliphatic rings. The average Bonchev–Trinajstić information content (AvgIpc) is 2.02. The highest BCUT2D eigenvalue weighted by atomic mass is 79.9. The third-order valence-corrected chi connectivity index (χ3v) is 3.72. The number of alkyl halides is 2. The summed E-state index contributed by atoms with van der Waals surface area (Å²) in [5.74, 6) is 0. The van der Waals surface area contributed by atoms with E-state index < -0.39 is 6.10 Å². The monoisotopic (exact) mass is 288 g/mol. The van der Waals surface area contributed by atoms with E-state index >= 15 is 0 Å². The van der Waals surface area contributed by atoms with E-state index in [9.17, 15) is 5.11 Å². The maximum atomic E-state index is 9.51. The van der Waals surface area contributed by atoms with Crippen molar-refractivity contribution in [3.05, 3.63) is 0 Å². The van der Waals surface area contributed by atoms with Crippen LogP contribution in [0.2, 0.25) is 0 Å². The quantitative estimate of drug-likeness (QED) is 0.756. The lowest BCUT2D eigenvalue weighted by Crippen LogP contribution is -2.30. The van der Waals surface area contributed by atoms with Gasteiger partial charge in [-0.3, -0.25) is 0 Å². The molecule has 0 saturated carbocycles. The zero-order valence-electron chi connectivity index (χ0n) is 6.50. The van der Waals surface area contributed by atoms with Gasteiger partial charge in [0, 0.05) is 16.3 Å². The van der Waals surface area contributed by atoms with Crippen LogP contribution < -0.4 is 0 Å². The van der Waals surface area contributed by atoms with Gasteiger partial charge in [0.1, 0.15) is 0 Å². The van der Waals surface area contributed by atoms with Gasteiger partial charge in [0.15, 0.2) is 0 Å². The van der Waals surface area contributed by atoms with Gasteiger partial charge in [-0.15, -0.1) is 0 Å². The van der Waals surface area contributed by atoms with Gasteiger partial charge < -0.3 is 10.2 Å². The minimum atomic E-state index is -0.424. The first kappa shape index (κ1) is 11.9. The molecule has 3 atom stereocenters. The van der Waals surface area contributed by atoms with Crippen molar-refractivity contribution in [2.75, 3.05) is 6.61 Å². The van der Waals surface area contributed by atoms with Crippen molar-refractivity contribution in [1.82, 2.24) is 0 Å². The fourth-order valence-corrected chi connectivity index (χ4v) is 2.11. The first-order valence-corrected chi connectivity index (χ1v) is 5.53. The van der Waals surface area contributed by atoms with Crippen molar-refractivity contribution in [3.63, 3.8) is 0 Å². The van der Waals surface area contributed by atoms with Gasteiger partial charge in [-0.05, 0) is 12.8 Å². The largest absolute Gasteiger partial charge is 0.396 e. The van der Waals surface area contributed by atoms with Crippen molar-refractivity contribution in [2.24, 2.45) is 0 Å². The maximum absolute atomic E-state index is 9.51. The summed E-state index contributed by atoms with van der Waals surface area (Å²) in [4.78, 5) is 0.0928. The molecule has 0 radical (unpaired) electrons. The summed E-state index contributed by atoms with van der Waals surface area (Å²) in [5, 5.41) is 18.1. The summed E-state index contributed by atoms with van der Waals surface area (Å²) in [6.45, 7) is 2.11. The normalized spacial score (nSPS) is 19.4. The molecule has 4 heteroatoms. The smallest absolute Gasteiger partial charge is 0.0790 e. The topological polar surface area (TPSA) is 40.5 Å². The molecule has 2 nitrogen and oxygen atoms in total. The average molecular weight is 290 g/mol. The molecule has 0 amide bonds. The highest BCUT2D eigenvalue weighted by Gasteiger charge is 2.21. The van der Waals surface area contributed by atoms with E-state index in [1.54, 1.807) is 0 Å². The molecule has 0 spiro atoms. The highest BCUT2D eigenvalue weighted by Crippen LogP contribution is 2.20. The van der Waals surface area contributed by atoms with Gasteiger partial charge in [0.25, 0.3) is 0 Å². The SMILES string of the molecule is CCC(Br)C(O)C(Br)CCO. The van der Waals surface area contributed by atoms with E-state index in [0.717, 1.165) is 6.42 Å². The van der Waals surface area contributed by atoms with Crippen LogP contribution in [0.25, 0.3) is 0 Å². The molecule has 0 aliphatic heterocycles. The van der Waals surface area contributed by atoms with Crippen molar-refractivity contribution in [1.29, 1.82) is 0 Å². The van der Waals surface area contributed by atoms with Crippen LogP contribution in [0.1, 0.15) is 19.8 Å². The number of hydrogen-bond acceptors (Lipinski definition) is 2. The van der Waals surface area contributed by atoms with Crippen LogP contribution in [0.15, 0.2) is 0 Å². The summed E-state index contributed by atoms with van der Waals surface area (Å²) in [7, 11) is 0. The Kier molecular flexibility index (Phi) is 6.91. The van der Waals surface area contributed by atoms with Crippen molar-refractivity contribution >= 4 is 31.9 Å².